The average Bonchev–Trinajstić information content (AvgIpc) is 2.45. The molecule has 2 rings (SSSR count). The minimum absolute atomic E-state index is 0.238. The van der Waals surface area contributed by atoms with Crippen LogP contribution in [0.2, 0.25) is 0 Å². The molecule has 0 saturated carbocycles. The molecule has 0 fully saturated rings. The topological polar surface area (TPSA) is 20.2 Å². The summed E-state index contributed by atoms with van der Waals surface area (Å²) in [4.78, 5) is 0. The van der Waals surface area contributed by atoms with Crippen LogP contribution in [-0.4, -0.2) is 23.1 Å². The van der Waals surface area contributed by atoms with Crippen molar-refractivity contribution in [2.24, 2.45) is 0 Å². The highest BCUT2D eigenvalue weighted by Crippen LogP contribution is 2.57. The summed E-state index contributed by atoms with van der Waals surface area (Å²) < 4.78 is 118. The minimum Gasteiger partial charge on any atom is -0.507 e. The van der Waals surface area contributed by atoms with E-state index in [1.54, 1.807) is 0 Å². The maximum Gasteiger partial charge on any atom is 0.460 e. The van der Waals surface area contributed by atoms with Gasteiger partial charge in [-0.25, -0.2) is 0 Å². The molecule has 0 atom stereocenters. The minimum atomic E-state index is -6.99. The molecule has 1 nitrogen and oxygen atoms in total. The summed E-state index contributed by atoms with van der Waals surface area (Å²) in [5, 5.41) is 8.38. The molecule has 0 aromatic heterocycles. The second-order valence-corrected chi connectivity index (χ2v) is 4.90. The molecule has 0 bridgehead atoms. The lowest BCUT2D eigenvalue weighted by atomic mass is 9.92. The van der Waals surface area contributed by atoms with Gasteiger partial charge in [-0.2, -0.15) is 39.5 Å². The SMILES string of the molecule is Oc1cccc2cccc(C(F)(F)C(F)(F)C(F)(F)C(F)(F)F)c12. The van der Waals surface area contributed by atoms with Gasteiger partial charge < -0.3 is 5.11 Å². The van der Waals surface area contributed by atoms with E-state index in [9.17, 15) is 44.6 Å². The Kier molecular flexibility index (Phi) is 3.93. The molecule has 2 aromatic carbocycles. The fourth-order valence-electron chi connectivity index (χ4n) is 2.13. The smallest absolute Gasteiger partial charge is 0.460 e. The number of rotatable bonds is 3. The molecule has 10 heteroatoms. The van der Waals surface area contributed by atoms with Crippen LogP contribution >= 0.6 is 0 Å². The lowest BCUT2D eigenvalue weighted by Gasteiger charge is -2.34. The molecule has 1 N–H and O–H groups in total. The molecule has 132 valence electrons. The third-order valence-corrected chi connectivity index (χ3v) is 3.37. The zero-order valence-corrected chi connectivity index (χ0v) is 11.3. The lowest BCUT2D eigenvalue weighted by molar-refractivity contribution is -0.399. The van der Waals surface area contributed by atoms with Gasteiger partial charge in [0.15, 0.2) is 0 Å². The summed E-state index contributed by atoms with van der Waals surface area (Å²) in [5.41, 5.74) is -1.84. The Labute approximate surface area is 128 Å². The van der Waals surface area contributed by atoms with Crippen LogP contribution in [0.5, 0.6) is 5.75 Å². The third-order valence-electron chi connectivity index (χ3n) is 3.37. The second-order valence-electron chi connectivity index (χ2n) is 4.90. The molecule has 0 radical (unpaired) electrons. The number of hydrogen-bond donors (Lipinski definition) is 1. The van der Waals surface area contributed by atoms with Gasteiger partial charge in [-0.1, -0.05) is 30.3 Å². The Hall–Kier alpha value is -2.13. The van der Waals surface area contributed by atoms with Crippen LogP contribution in [0, 0.1) is 0 Å². The first-order valence-electron chi connectivity index (χ1n) is 6.16. The van der Waals surface area contributed by atoms with Crippen LogP contribution in [0.1, 0.15) is 5.56 Å². The average molecular weight is 362 g/mol. The zero-order chi connectivity index (χ0) is 18.6. The predicted octanol–water partition coefficient (Wildman–Crippen LogP) is 5.47. The zero-order valence-electron chi connectivity index (χ0n) is 11.3. The van der Waals surface area contributed by atoms with E-state index in [-0.39, 0.29) is 11.5 Å². The van der Waals surface area contributed by atoms with Crippen LogP contribution < -0.4 is 0 Å². The van der Waals surface area contributed by atoms with Crippen molar-refractivity contribution in [1.29, 1.82) is 0 Å². The molecular weight excluding hydrogens is 355 g/mol. The number of halogens is 9. The largest absolute Gasteiger partial charge is 0.507 e. The van der Waals surface area contributed by atoms with E-state index >= 15 is 0 Å². The molecule has 0 aliphatic heterocycles. The van der Waals surface area contributed by atoms with E-state index in [0.29, 0.717) is 0 Å². The monoisotopic (exact) mass is 362 g/mol. The van der Waals surface area contributed by atoms with Gasteiger partial charge in [-0.3, -0.25) is 0 Å². The maximum atomic E-state index is 14.0. The fraction of sp³-hybridized carbons (Fsp3) is 0.286. The molecular formula is C14H7F9O. The van der Waals surface area contributed by atoms with Gasteiger partial charge in [0.05, 0.1) is 0 Å². The Balaban J connectivity index is 2.76. The highest BCUT2D eigenvalue weighted by Gasteiger charge is 2.82. The number of phenolic OH excluding ortho intramolecular Hbond substituents is 1. The normalized spacial score (nSPS) is 14.2. The Bertz CT molecular complexity index is 759. The second kappa shape index (κ2) is 5.18. The fourth-order valence-corrected chi connectivity index (χ4v) is 2.13. The molecule has 0 amide bonds. The van der Waals surface area contributed by atoms with Gasteiger partial charge in [-0.15, -0.1) is 0 Å². The Morgan fingerprint density at radius 1 is 0.667 bits per heavy atom. The van der Waals surface area contributed by atoms with E-state index in [4.69, 9.17) is 0 Å². The van der Waals surface area contributed by atoms with Crippen molar-refractivity contribution in [2.75, 3.05) is 0 Å². The molecule has 0 spiro atoms. The van der Waals surface area contributed by atoms with E-state index in [1.807, 2.05) is 0 Å². The first kappa shape index (κ1) is 18.2. The van der Waals surface area contributed by atoms with E-state index < -0.39 is 40.6 Å². The Morgan fingerprint density at radius 2 is 1.17 bits per heavy atom. The van der Waals surface area contributed by atoms with Crippen molar-refractivity contribution in [1.82, 2.24) is 0 Å². The molecule has 0 saturated heterocycles. The van der Waals surface area contributed by atoms with Gasteiger partial charge in [-0.05, 0) is 11.5 Å². The van der Waals surface area contributed by atoms with E-state index in [2.05, 4.69) is 0 Å². The van der Waals surface area contributed by atoms with Crippen LogP contribution in [-0.2, 0) is 5.92 Å². The molecule has 24 heavy (non-hydrogen) atoms. The Morgan fingerprint density at radius 3 is 1.67 bits per heavy atom. The first-order valence-corrected chi connectivity index (χ1v) is 6.16. The van der Waals surface area contributed by atoms with Crippen molar-refractivity contribution in [3.63, 3.8) is 0 Å². The van der Waals surface area contributed by atoms with Crippen molar-refractivity contribution in [3.8, 4) is 5.75 Å². The first-order chi connectivity index (χ1) is 10.7. The summed E-state index contributed by atoms with van der Waals surface area (Å²) in [6.07, 6.45) is -6.90. The standard InChI is InChI=1S/C14H7F9O/c15-11(16,12(17,18)13(19,20)14(21,22)23)8-5-1-3-7-4-2-6-9(24)10(7)8/h1-6,24H. The van der Waals surface area contributed by atoms with Crippen LogP contribution in [0.25, 0.3) is 10.8 Å². The molecule has 0 unspecified atom stereocenters. The quantitative estimate of drug-likeness (QED) is 0.718. The van der Waals surface area contributed by atoms with Crippen LogP contribution in [0.15, 0.2) is 36.4 Å². The number of fused-ring (bicyclic) bond motifs is 1. The van der Waals surface area contributed by atoms with E-state index in [1.165, 1.54) is 0 Å². The summed E-state index contributed by atoms with van der Waals surface area (Å²) in [5.74, 6) is -20.6. The van der Waals surface area contributed by atoms with Gasteiger partial charge in [0.1, 0.15) is 5.75 Å². The predicted molar refractivity (Wildman–Crippen MR) is 65.5 cm³/mol. The van der Waals surface area contributed by atoms with Crippen molar-refractivity contribution >= 4 is 10.8 Å². The van der Waals surface area contributed by atoms with Gasteiger partial charge in [0.25, 0.3) is 0 Å². The summed E-state index contributed by atoms with van der Waals surface area (Å²) in [7, 11) is 0. The number of hydrogen-bond acceptors (Lipinski definition) is 1. The molecule has 2 aromatic rings. The highest BCUT2D eigenvalue weighted by molar-refractivity contribution is 5.91. The van der Waals surface area contributed by atoms with Gasteiger partial charge in [0, 0.05) is 10.9 Å². The van der Waals surface area contributed by atoms with Crippen molar-refractivity contribution < 1.29 is 44.6 Å². The van der Waals surface area contributed by atoms with Gasteiger partial charge in [0.2, 0.25) is 0 Å². The van der Waals surface area contributed by atoms with Crippen LogP contribution in [0.3, 0.4) is 0 Å². The number of alkyl halides is 9. The van der Waals surface area contributed by atoms with Gasteiger partial charge >= 0.3 is 23.9 Å². The number of benzene rings is 2. The maximum absolute atomic E-state index is 14.0. The molecule has 0 heterocycles. The van der Waals surface area contributed by atoms with E-state index in [0.717, 1.165) is 30.3 Å². The highest BCUT2D eigenvalue weighted by atomic mass is 19.4. The van der Waals surface area contributed by atoms with Crippen LogP contribution in [0.4, 0.5) is 39.5 Å². The lowest BCUT2D eigenvalue weighted by Crippen LogP contribution is -2.59. The summed E-state index contributed by atoms with van der Waals surface area (Å²) >= 11 is 0. The number of phenols is 1. The van der Waals surface area contributed by atoms with Crippen molar-refractivity contribution in [2.45, 2.75) is 23.9 Å². The summed E-state index contributed by atoms with van der Waals surface area (Å²) in [6, 6.07) is 5.17. The molecule has 0 aliphatic carbocycles. The number of aromatic hydroxyl groups is 1. The molecule has 0 aliphatic rings. The van der Waals surface area contributed by atoms with Crippen molar-refractivity contribution in [3.05, 3.63) is 42.0 Å². The summed E-state index contributed by atoms with van der Waals surface area (Å²) in [6.45, 7) is 0. The third kappa shape index (κ3) is 2.35.